The molecule has 2 unspecified atom stereocenters. The van der Waals surface area contributed by atoms with Gasteiger partial charge in [0.15, 0.2) is 0 Å². The lowest BCUT2D eigenvalue weighted by molar-refractivity contribution is -0.0855. The second-order valence-corrected chi connectivity index (χ2v) is 4.99. The number of nitrogens with two attached hydrogens (primary N) is 1. The van der Waals surface area contributed by atoms with Gasteiger partial charge < -0.3 is 15.2 Å². The summed E-state index contributed by atoms with van der Waals surface area (Å²) < 4.78 is 24.2. The van der Waals surface area contributed by atoms with E-state index in [-0.39, 0.29) is 29.6 Å². The fourth-order valence-corrected chi connectivity index (χ4v) is 2.31. The lowest BCUT2D eigenvalue weighted by Gasteiger charge is -2.31. The van der Waals surface area contributed by atoms with Crippen LogP contribution in [0.3, 0.4) is 0 Å². The number of nitrogen functional groups attached to an aromatic ring is 1. The van der Waals surface area contributed by atoms with Crippen LogP contribution in [-0.4, -0.2) is 24.3 Å². The molecule has 2 atom stereocenters. The third-order valence-corrected chi connectivity index (χ3v) is 3.16. The van der Waals surface area contributed by atoms with Crippen LogP contribution in [0.15, 0.2) is 18.2 Å². The Balaban J connectivity index is 2.02. The summed E-state index contributed by atoms with van der Waals surface area (Å²) in [6, 6.07) is 3.93. The predicted octanol–water partition coefficient (Wildman–Crippen LogP) is 2.52. The molecule has 19 heavy (non-hydrogen) atoms. The van der Waals surface area contributed by atoms with E-state index >= 15 is 0 Å². The molecule has 0 saturated carbocycles. The van der Waals surface area contributed by atoms with Crippen LogP contribution in [0.4, 0.5) is 10.1 Å². The number of esters is 1. The molecule has 0 bridgehead atoms. The van der Waals surface area contributed by atoms with E-state index in [9.17, 15) is 9.18 Å². The molecule has 1 fully saturated rings. The Kier molecular flexibility index (Phi) is 4.04. The van der Waals surface area contributed by atoms with Crippen LogP contribution < -0.4 is 5.73 Å². The summed E-state index contributed by atoms with van der Waals surface area (Å²) in [4.78, 5) is 11.9. The highest BCUT2D eigenvalue weighted by Crippen LogP contribution is 2.23. The SMILES string of the molecule is CC1CC(OC(=O)c2ccc(N)c(F)c2)CC(C)O1. The van der Waals surface area contributed by atoms with E-state index in [4.69, 9.17) is 15.2 Å². The van der Waals surface area contributed by atoms with Crippen molar-refractivity contribution in [2.75, 3.05) is 5.73 Å². The van der Waals surface area contributed by atoms with Gasteiger partial charge in [-0.25, -0.2) is 9.18 Å². The topological polar surface area (TPSA) is 61.5 Å². The maximum absolute atomic E-state index is 13.3. The zero-order chi connectivity index (χ0) is 14.0. The Morgan fingerprint density at radius 2 is 2.00 bits per heavy atom. The van der Waals surface area contributed by atoms with Crippen LogP contribution in [0.25, 0.3) is 0 Å². The number of hydrogen-bond acceptors (Lipinski definition) is 4. The molecule has 104 valence electrons. The average Bonchev–Trinajstić information content (AvgIpc) is 2.31. The van der Waals surface area contributed by atoms with Gasteiger partial charge in [0.1, 0.15) is 11.9 Å². The first kappa shape index (κ1) is 13.8. The van der Waals surface area contributed by atoms with E-state index < -0.39 is 11.8 Å². The number of carbonyl (C=O) groups excluding carboxylic acids is 1. The number of anilines is 1. The minimum Gasteiger partial charge on any atom is -0.459 e. The summed E-state index contributed by atoms with van der Waals surface area (Å²) >= 11 is 0. The van der Waals surface area contributed by atoms with Gasteiger partial charge in [-0.2, -0.15) is 0 Å². The molecule has 0 amide bonds. The Morgan fingerprint density at radius 3 is 2.58 bits per heavy atom. The van der Waals surface area contributed by atoms with Gasteiger partial charge in [-0.3, -0.25) is 0 Å². The fraction of sp³-hybridized carbons (Fsp3) is 0.500. The Hall–Kier alpha value is -1.62. The molecule has 0 spiro atoms. The molecular weight excluding hydrogens is 249 g/mol. The molecule has 1 aromatic carbocycles. The van der Waals surface area contributed by atoms with Crippen molar-refractivity contribution in [2.24, 2.45) is 0 Å². The molecule has 1 aliphatic rings. The van der Waals surface area contributed by atoms with Crippen LogP contribution in [-0.2, 0) is 9.47 Å². The first-order valence-corrected chi connectivity index (χ1v) is 6.37. The molecule has 0 aliphatic carbocycles. The quantitative estimate of drug-likeness (QED) is 0.660. The molecule has 0 aromatic heterocycles. The zero-order valence-electron chi connectivity index (χ0n) is 11.1. The largest absolute Gasteiger partial charge is 0.459 e. The van der Waals surface area contributed by atoms with Crippen LogP contribution >= 0.6 is 0 Å². The van der Waals surface area contributed by atoms with Gasteiger partial charge in [0.2, 0.25) is 0 Å². The van der Waals surface area contributed by atoms with Crippen LogP contribution in [0.1, 0.15) is 37.0 Å². The highest BCUT2D eigenvalue weighted by Gasteiger charge is 2.27. The number of rotatable bonds is 2. The molecule has 1 saturated heterocycles. The van der Waals surface area contributed by atoms with Crippen LogP contribution in [0, 0.1) is 5.82 Å². The second-order valence-electron chi connectivity index (χ2n) is 4.99. The molecular formula is C14H18FNO3. The van der Waals surface area contributed by atoms with Crippen molar-refractivity contribution in [3.8, 4) is 0 Å². The summed E-state index contributed by atoms with van der Waals surface area (Å²) in [7, 11) is 0. The molecule has 4 nitrogen and oxygen atoms in total. The van der Waals surface area contributed by atoms with Crippen molar-refractivity contribution in [1.29, 1.82) is 0 Å². The summed E-state index contributed by atoms with van der Waals surface area (Å²) in [6.45, 7) is 3.89. The zero-order valence-corrected chi connectivity index (χ0v) is 11.1. The Bertz CT molecular complexity index is 468. The molecule has 2 N–H and O–H groups in total. The first-order valence-electron chi connectivity index (χ1n) is 6.37. The van der Waals surface area contributed by atoms with Gasteiger partial charge in [0.05, 0.1) is 23.5 Å². The first-order chi connectivity index (χ1) is 8.95. The third-order valence-electron chi connectivity index (χ3n) is 3.16. The predicted molar refractivity (Wildman–Crippen MR) is 69.3 cm³/mol. The average molecular weight is 267 g/mol. The number of hydrogen-bond donors (Lipinski definition) is 1. The molecule has 5 heteroatoms. The summed E-state index contributed by atoms with van der Waals surface area (Å²) in [6.07, 6.45) is 1.25. The Morgan fingerprint density at radius 1 is 1.37 bits per heavy atom. The lowest BCUT2D eigenvalue weighted by Crippen LogP contribution is -2.35. The van der Waals surface area contributed by atoms with E-state index in [2.05, 4.69) is 0 Å². The van der Waals surface area contributed by atoms with E-state index in [0.717, 1.165) is 6.07 Å². The van der Waals surface area contributed by atoms with Crippen LogP contribution in [0.5, 0.6) is 0 Å². The minimum atomic E-state index is -0.608. The van der Waals surface area contributed by atoms with Gasteiger partial charge in [0.25, 0.3) is 0 Å². The van der Waals surface area contributed by atoms with Gasteiger partial charge in [-0.05, 0) is 32.0 Å². The molecule has 0 radical (unpaired) electrons. The second kappa shape index (κ2) is 5.57. The fourth-order valence-electron chi connectivity index (χ4n) is 2.31. The van der Waals surface area contributed by atoms with E-state index in [1.807, 2.05) is 13.8 Å². The van der Waals surface area contributed by atoms with E-state index in [0.29, 0.717) is 12.8 Å². The van der Waals surface area contributed by atoms with Crippen molar-refractivity contribution in [1.82, 2.24) is 0 Å². The minimum absolute atomic E-state index is 0.0184. The number of carbonyl (C=O) groups is 1. The van der Waals surface area contributed by atoms with Gasteiger partial charge in [-0.15, -0.1) is 0 Å². The Labute approximate surface area is 111 Å². The monoisotopic (exact) mass is 267 g/mol. The molecule has 1 aromatic rings. The molecule has 1 aliphatic heterocycles. The normalized spacial score (nSPS) is 27.0. The van der Waals surface area contributed by atoms with Crippen molar-refractivity contribution < 1.29 is 18.7 Å². The maximum Gasteiger partial charge on any atom is 0.338 e. The van der Waals surface area contributed by atoms with Crippen molar-refractivity contribution in [3.05, 3.63) is 29.6 Å². The molecule has 2 rings (SSSR count). The summed E-state index contributed by atoms with van der Waals surface area (Å²) in [5.41, 5.74) is 5.56. The van der Waals surface area contributed by atoms with Crippen molar-refractivity contribution >= 4 is 11.7 Å². The number of ether oxygens (including phenoxy) is 2. The van der Waals surface area contributed by atoms with Gasteiger partial charge >= 0.3 is 5.97 Å². The smallest absolute Gasteiger partial charge is 0.338 e. The maximum atomic E-state index is 13.3. The van der Waals surface area contributed by atoms with Gasteiger partial charge in [-0.1, -0.05) is 0 Å². The van der Waals surface area contributed by atoms with Crippen molar-refractivity contribution in [3.63, 3.8) is 0 Å². The van der Waals surface area contributed by atoms with Crippen molar-refractivity contribution in [2.45, 2.75) is 45.0 Å². The highest BCUT2D eigenvalue weighted by atomic mass is 19.1. The molecule has 1 heterocycles. The van der Waals surface area contributed by atoms with Crippen LogP contribution in [0.2, 0.25) is 0 Å². The third kappa shape index (κ3) is 3.44. The van der Waals surface area contributed by atoms with E-state index in [1.54, 1.807) is 0 Å². The standard InChI is InChI=1S/C14H18FNO3/c1-8-5-11(6-9(2)18-8)19-14(17)10-3-4-13(16)12(15)7-10/h3-4,7-9,11H,5-6,16H2,1-2H3. The summed E-state index contributed by atoms with van der Waals surface area (Å²) in [5, 5.41) is 0. The lowest BCUT2D eigenvalue weighted by atomic mass is 10.0. The van der Waals surface area contributed by atoms with E-state index in [1.165, 1.54) is 12.1 Å². The number of benzene rings is 1. The highest BCUT2D eigenvalue weighted by molar-refractivity contribution is 5.90. The van der Waals surface area contributed by atoms with Gasteiger partial charge in [0, 0.05) is 12.8 Å². The summed E-state index contributed by atoms with van der Waals surface area (Å²) in [5.74, 6) is -1.13. The number of halogens is 1.